The van der Waals surface area contributed by atoms with Gasteiger partial charge in [-0.15, -0.1) is 0 Å². The zero-order valence-electron chi connectivity index (χ0n) is 14.7. The lowest BCUT2D eigenvalue weighted by atomic mass is 10.1. The Balaban J connectivity index is 1.57. The second-order valence-electron chi connectivity index (χ2n) is 6.36. The van der Waals surface area contributed by atoms with Gasteiger partial charge in [-0.05, 0) is 31.2 Å². The number of benzene rings is 1. The van der Waals surface area contributed by atoms with Crippen LogP contribution in [-0.4, -0.2) is 59.6 Å². The van der Waals surface area contributed by atoms with Crippen LogP contribution in [0.3, 0.4) is 0 Å². The lowest BCUT2D eigenvalue weighted by Crippen LogP contribution is -2.57. The molecule has 6 nitrogen and oxygen atoms in total. The lowest BCUT2D eigenvalue weighted by molar-refractivity contribution is -0.132. The fourth-order valence-corrected chi connectivity index (χ4v) is 3.08. The van der Waals surface area contributed by atoms with Crippen molar-refractivity contribution in [3.05, 3.63) is 48.3 Å². The minimum Gasteiger partial charge on any atom is -0.368 e. The molecule has 2 aromatic rings. The number of piperazine rings is 1. The average molecular weight is 345 g/mol. The first-order valence-electron chi connectivity index (χ1n) is 8.51. The number of carbonyl (C=O) groups is 1. The van der Waals surface area contributed by atoms with Gasteiger partial charge in [0.05, 0.1) is 0 Å². The summed E-state index contributed by atoms with van der Waals surface area (Å²) in [6.07, 6.45) is 3.68. The van der Waals surface area contributed by atoms with Gasteiger partial charge in [0, 0.05) is 57.9 Å². The number of halogens is 1. The third-order valence-corrected chi connectivity index (χ3v) is 4.64. The molecule has 0 radical (unpaired) electrons. The highest BCUT2D eigenvalue weighted by Crippen LogP contribution is 2.17. The SMILES string of the molecule is Cc1nccn1CCN(C)C(=O)C1CN(c2ccc(F)cc2)CCN1. The minimum atomic E-state index is -0.257. The summed E-state index contributed by atoms with van der Waals surface area (Å²) in [4.78, 5) is 20.8. The topological polar surface area (TPSA) is 53.4 Å². The lowest BCUT2D eigenvalue weighted by Gasteiger charge is -2.36. The van der Waals surface area contributed by atoms with E-state index in [1.807, 2.05) is 24.7 Å². The Bertz CT molecular complexity index is 715. The smallest absolute Gasteiger partial charge is 0.241 e. The van der Waals surface area contributed by atoms with E-state index >= 15 is 0 Å². The fraction of sp³-hybridized carbons (Fsp3) is 0.444. The van der Waals surface area contributed by atoms with Crippen molar-refractivity contribution in [3.8, 4) is 0 Å². The molecule has 0 aliphatic carbocycles. The van der Waals surface area contributed by atoms with E-state index in [2.05, 4.69) is 15.2 Å². The highest BCUT2D eigenvalue weighted by Gasteiger charge is 2.27. The zero-order valence-corrected chi connectivity index (χ0v) is 14.7. The maximum absolute atomic E-state index is 13.1. The number of carbonyl (C=O) groups excluding carboxylic acids is 1. The molecular formula is C18H24FN5O. The monoisotopic (exact) mass is 345 g/mol. The van der Waals surface area contributed by atoms with E-state index in [0.29, 0.717) is 13.1 Å². The van der Waals surface area contributed by atoms with Crippen LogP contribution in [0.15, 0.2) is 36.7 Å². The molecule has 25 heavy (non-hydrogen) atoms. The summed E-state index contributed by atoms with van der Waals surface area (Å²) >= 11 is 0. The van der Waals surface area contributed by atoms with Crippen molar-refractivity contribution in [2.45, 2.75) is 19.5 Å². The van der Waals surface area contributed by atoms with E-state index in [-0.39, 0.29) is 17.8 Å². The number of hydrogen-bond donors (Lipinski definition) is 1. The first-order chi connectivity index (χ1) is 12.0. The molecule has 1 amide bonds. The third kappa shape index (κ3) is 4.17. The Morgan fingerprint density at radius 2 is 2.16 bits per heavy atom. The van der Waals surface area contributed by atoms with Crippen LogP contribution in [0.5, 0.6) is 0 Å². The molecule has 7 heteroatoms. The Morgan fingerprint density at radius 1 is 1.40 bits per heavy atom. The molecule has 1 atom stereocenters. The van der Waals surface area contributed by atoms with Gasteiger partial charge in [-0.25, -0.2) is 9.37 Å². The second-order valence-corrected chi connectivity index (χ2v) is 6.36. The van der Waals surface area contributed by atoms with Crippen molar-refractivity contribution < 1.29 is 9.18 Å². The number of imidazole rings is 1. The van der Waals surface area contributed by atoms with E-state index in [1.54, 1.807) is 23.2 Å². The number of nitrogens with one attached hydrogen (secondary N) is 1. The number of aromatic nitrogens is 2. The van der Waals surface area contributed by atoms with Crippen molar-refractivity contribution in [3.63, 3.8) is 0 Å². The summed E-state index contributed by atoms with van der Waals surface area (Å²) in [6.45, 7) is 5.41. The standard InChI is InChI=1S/C18H24FN5O/c1-14-20-7-9-23(14)12-11-22(2)18(25)17-13-24(10-8-21-17)16-5-3-15(19)4-6-16/h3-7,9,17,21H,8,10-13H2,1-2H3. The Kier molecular flexibility index (Phi) is 5.33. The highest BCUT2D eigenvalue weighted by atomic mass is 19.1. The number of rotatable bonds is 5. The van der Waals surface area contributed by atoms with Crippen LogP contribution in [0.25, 0.3) is 0 Å². The van der Waals surface area contributed by atoms with Crippen LogP contribution in [0.2, 0.25) is 0 Å². The normalized spacial score (nSPS) is 17.6. The van der Waals surface area contributed by atoms with E-state index in [9.17, 15) is 9.18 Å². The fourth-order valence-electron chi connectivity index (χ4n) is 3.08. The molecule has 1 aliphatic rings. The molecule has 0 bridgehead atoms. The summed E-state index contributed by atoms with van der Waals surface area (Å²) < 4.78 is 15.1. The number of aryl methyl sites for hydroxylation is 1. The highest BCUT2D eigenvalue weighted by molar-refractivity contribution is 5.82. The predicted molar refractivity (Wildman–Crippen MR) is 95.0 cm³/mol. The van der Waals surface area contributed by atoms with Crippen LogP contribution in [-0.2, 0) is 11.3 Å². The summed E-state index contributed by atoms with van der Waals surface area (Å²) in [5.74, 6) is 0.768. The van der Waals surface area contributed by atoms with Gasteiger partial charge in [-0.1, -0.05) is 0 Å². The molecule has 1 unspecified atom stereocenters. The molecule has 134 valence electrons. The third-order valence-electron chi connectivity index (χ3n) is 4.64. The van der Waals surface area contributed by atoms with E-state index < -0.39 is 0 Å². The average Bonchev–Trinajstić information content (AvgIpc) is 3.04. The van der Waals surface area contributed by atoms with Crippen molar-refractivity contribution in [1.29, 1.82) is 0 Å². The van der Waals surface area contributed by atoms with Crippen molar-refractivity contribution in [2.24, 2.45) is 0 Å². The largest absolute Gasteiger partial charge is 0.368 e. The molecule has 1 aromatic carbocycles. The van der Waals surface area contributed by atoms with Gasteiger partial charge in [-0.3, -0.25) is 4.79 Å². The van der Waals surface area contributed by atoms with Gasteiger partial charge in [0.1, 0.15) is 17.7 Å². The maximum atomic E-state index is 13.1. The Morgan fingerprint density at radius 3 is 2.84 bits per heavy atom. The number of likely N-dealkylation sites (N-methyl/N-ethyl adjacent to an activating group) is 1. The minimum absolute atomic E-state index is 0.0737. The first kappa shape index (κ1) is 17.4. The van der Waals surface area contributed by atoms with Gasteiger partial charge in [0.2, 0.25) is 5.91 Å². The van der Waals surface area contributed by atoms with E-state index in [0.717, 1.165) is 31.1 Å². The molecule has 1 saturated heterocycles. The summed E-state index contributed by atoms with van der Waals surface area (Å²) in [6, 6.07) is 6.16. The maximum Gasteiger partial charge on any atom is 0.241 e. The molecule has 1 fully saturated rings. The molecule has 1 aliphatic heterocycles. The van der Waals surface area contributed by atoms with Crippen molar-refractivity contribution in [2.75, 3.05) is 38.1 Å². The quantitative estimate of drug-likeness (QED) is 0.887. The summed E-state index contributed by atoms with van der Waals surface area (Å²) in [5, 5.41) is 3.29. The Hall–Kier alpha value is -2.41. The van der Waals surface area contributed by atoms with Crippen LogP contribution in [0.4, 0.5) is 10.1 Å². The second kappa shape index (κ2) is 7.65. The van der Waals surface area contributed by atoms with Gasteiger partial charge >= 0.3 is 0 Å². The van der Waals surface area contributed by atoms with Gasteiger partial charge in [0.25, 0.3) is 0 Å². The van der Waals surface area contributed by atoms with Gasteiger partial charge in [-0.2, -0.15) is 0 Å². The van der Waals surface area contributed by atoms with Crippen LogP contribution in [0, 0.1) is 12.7 Å². The first-order valence-corrected chi connectivity index (χ1v) is 8.51. The van der Waals surface area contributed by atoms with Gasteiger partial charge in [0.15, 0.2) is 0 Å². The summed E-state index contributed by atoms with van der Waals surface area (Å²) in [7, 11) is 1.83. The van der Waals surface area contributed by atoms with Crippen molar-refractivity contribution >= 4 is 11.6 Å². The number of nitrogens with zero attached hydrogens (tertiary/aromatic N) is 4. The van der Waals surface area contributed by atoms with Crippen LogP contribution in [0.1, 0.15) is 5.82 Å². The van der Waals surface area contributed by atoms with Gasteiger partial charge < -0.3 is 19.7 Å². The molecule has 3 rings (SSSR count). The van der Waals surface area contributed by atoms with E-state index in [4.69, 9.17) is 0 Å². The zero-order chi connectivity index (χ0) is 17.8. The van der Waals surface area contributed by atoms with Crippen molar-refractivity contribution in [1.82, 2.24) is 19.8 Å². The van der Waals surface area contributed by atoms with Crippen LogP contribution < -0.4 is 10.2 Å². The number of hydrogen-bond acceptors (Lipinski definition) is 4. The molecule has 0 saturated carbocycles. The van der Waals surface area contributed by atoms with E-state index in [1.165, 1.54) is 12.1 Å². The number of anilines is 1. The van der Waals surface area contributed by atoms with Crippen LogP contribution >= 0.6 is 0 Å². The Labute approximate surface area is 147 Å². The molecular weight excluding hydrogens is 321 g/mol. The molecule has 2 heterocycles. The molecule has 0 spiro atoms. The predicted octanol–water partition coefficient (Wildman–Crippen LogP) is 1.27. The molecule has 1 N–H and O–H groups in total. The number of amides is 1. The molecule has 1 aromatic heterocycles. The summed E-state index contributed by atoms with van der Waals surface area (Å²) in [5.41, 5.74) is 0.942.